The van der Waals surface area contributed by atoms with Gasteiger partial charge in [0.2, 0.25) is 0 Å². The van der Waals surface area contributed by atoms with Gasteiger partial charge >= 0.3 is 6.09 Å². The topological polar surface area (TPSA) is 75.8 Å². The number of nitrogens with two attached hydrogens (primary N) is 1. The first kappa shape index (κ1) is 12.2. The van der Waals surface area contributed by atoms with Crippen molar-refractivity contribution in [3.8, 4) is 0 Å². The molecule has 0 aromatic carbocycles. The van der Waals surface area contributed by atoms with E-state index in [2.05, 4.69) is 4.84 Å². The van der Waals surface area contributed by atoms with Gasteiger partial charge in [-0.2, -0.15) is 0 Å². The number of carboxylic acid groups (broad SMARTS) is 1. The van der Waals surface area contributed by atoms with Crippen molar-refractivity contribution < 1.29 is 14.7 Å². The largest absolute Gasteiger partial charge is 0.465 e. The van der Waals surface area contributed by atoms with E-state index in [4.69, 9.17) is 11.0 Å². The minimum absolute atomic E-state index is 0.273. The molecule has 0 heterocycles. The molecule has 0 aliphatic heterocycles. The van der Waals surface area contributed by atoms with Crippen molar-refractivity contribution in [2.75, 3.05) is 6.54 Å². The van der Waals surface area contributed by atoms with Crippen LogP contribution in [0.4, 0.5) is 4.79 Å². The van der Waals surface area contributed by atoms with Crippen LogP contribution in [0, 0.1) is 0 Å². The molecule has 1 atom stereocenters. The molecule has 0 aromatic rings. The van der Waals surface area contributed by atoms with E-state index in [1.807, 2.05) is 20.8 Å². The zero-order valence-electron chi connectivity index (χ0n) is 8.57. The van der Waals surface area contributed by atoms with Gasteiger partial charge in [-0.15, -0.1) is 0 Å². The van der Waals surface area contributed by atoms with E-state index < -0.39 is 11.6 Å². The van der Waals surface area contributed by atoms with E-state index in [0.717, 1.165) is 0 Å². The maximum Gasteiger partial charge on any atom is 0.407 e. The Morgan fingerprint density at radius 1 is 1.62 bits per heavy atom. The van der Waals surface area contributed by atoms with Gasteiger partial charge in [-0.3, -0.25) is 4.84 Å². The predicted octanol–water partition coefficient (Wildman–Crippen LogP) is 1.04. The molecular weight excluding hydrogens is 172 g/mol. The predicted molar refractivity (Wildman–Crippen MR) is 49.2 cm³/mol. The maximum absolute atomic E-state index is 10.8. The highest BCUT2D eigenvalue weighted by atomic mass is 16.6. The molecule has 0 bridgehead atoms. The lowest BCUT2D eigenvalue weighted by atomic mass is 10.1. The molecule has 1 amide bonds. The third-order valence-corrected chi connectivity index (χ3v) is 1.71. The van der Waals surface area contributed by atoms with E-state index in [1.54, 1.807) is 6.92 Å². The van der Waals surface area contributed by atoms with Gasteiger partial charge in [0.25, 0.3) is 0 Å². The second-order valence-electron chi connectivity index (χ2n) is 4.01. The standard InChI is InChI=1S/C8H18N2O3/c1-6(13-9)5-10(7(11)12)8(2,3)4/h6H,5,9H2,1-4H3,(H,11,12)/t6-/m0/s1. The summed E-state index contributed by atoms with van der Waals surface area (Å²) in [5.41, 5.74) is -0.432. The zero-order chi connectivity index (χ0) is 10.6. The molecule has 3 N–H and O–H groups in total. The summed E-state index contributed by atoms with van der Waals surface area (Å²) in [5, 5.41) is 8.88. The SMILES string of the molecule is C[C@@H](CN(C(=O)O)C(C)(C)C)ON. The van der Waals surface area contributed by atoms with Gasteiger partial charge in [0.1, 0.15) is 0 Å². The van der Waals surface area contributed by atoms with Crippen molar-refractivity contribution in [3.63, 3.8) is 0 Å². The lowest BCUT2D eigenvalue weighted by molar-refractivity contribution is 0.0160. The Bertz CT molecular complexity index is 177. The van der Waals surface area contributed by atoms with Crippen molar-refractivity contribution in [2.24, 2.45) is 5.90 Å². The van der Waals surface area contributed by atoms with E-state index in [9.17, 15) is 4.79 Å². The normalized spacial score (nSPS) is 13.9. The Morgan fingerprint density at radius 2 is 2.08 bits per heavy atom. The summed E-state index contributed by atoms with van der Waals surface area (Å²) in [7, 11) is 0. The molecule has 0 aliphatic rings. The van der Waals surface area contributed by atoms with Crippen molar-refractivity contribution in [1.29, 1.82) is 0 Å². The summed E-state index contributed by atoms with van der Waals surface area (Å²) >= 11 is 0. The summed E-state index contributed by atoms with van der Waals surface area (Å²) < 4.78 is 0. The Labute approximate surface area is 78.4 Å². The molecule has 0 rings (SSSR count). The number of hydrogen-bond acceptors (Lipinski definition) is 3. The van der Waals surface area contributed by atoms with Crippen LogP contribution in [-0.4, -0.2) is 34.3 Å². The molecule has 0 aliphatic carbocycles. The molecule has 0 radical (unpaired) electrons. The highest BCUT2D eigenvalue weighted by Gasteiger charge is 2.27. The monoisotopic (exact) mass is 190 g/mol. The summed E-state index contributed by atoms with van der Waals surface area (Å²) in [6.07, 6.45) is -1.26. The van der Waals surface area contributed by atoms with Crippen molar-refractivity contribution in [3.05, 3.63) is 0 Å². The van der Waals surface area contributed by atoms with Gasteiger partial charge in [-0.05, 0) is 27.7 Å². The van der Waals surface area contributed by atoms with Crippen LogP contribution in [0.2, 0.25) is 0 Å². The third kappa shape index (κ3) is 4.10. The summed E-state index contributed by atoms with van der Waals surface area (Å²) in [6.45, 7) is 7.47. The van der Waals surface area contributed by atoms with E-state index in [1.165, 1.54) is 4.90 Å². The van der Waals surface area contributed by atoms with Crippen LogP contribution < -0.4 is 5.90 Å². The van der Waals surface area contributed by atoms with Gasteiger partial charge in [0, 0.05) is 5.54 Å². The molecule has 0 saturated carbocycles. The average molecular weight is 190 g/mol. The van der Waals surface area contributed by atoms with Crippen LogP contribution >= 0.6 is 0 Å². The summed E-state index contributed by atoms with van der Waals surface area (Å²) in [5.74, 6) is 4.94. The smallest absolute Gasteiger partial charge is 0.407 e. The molecule has 0 aromatic heterocycles. The molecule has 78 valence electrons. The molecule has 5 heteroatoms. The minimum Gasteiger partial charge on any atom is -0.465 e. The van der Waals surface area contributed by atoms with Crippen LogP contribution in [0.15, 0.2) is 0 Å². The first-order chi connectivity index (χ1) is 5.79. The molecule has 5 nitrogen and oxygen atoms in total. The van der Waals surface area contributed by atoms with Gasteiger partial charge in [-0.25, -0.2) is 10.7 Å². The number of hydrogen-bond donors (Lipinski definition) is 2. The minimum atomic E-state index is -0.962. The Kier molecular flexibility index (Phi) is 4.16. The molecule has 0 saturated heterocycles. The third-order valence-electron chi connectivity index (χ3n) is 1.71. The first-order valence-corrected chi connectivity index (χ1v) is 4.15. The Morgan fingerprint density at radius 3 is 2.31 bits per heavy atom. The molecule has 0 fully saturated rings. The fourth-order valence-electron chi connectivity index (χ4n) is 0.939. The van der Waals surface area contributed by atoms with E-state index in [-0.39, 0.29) is 12.6 Å². The van der Waals surface area contributed by atoms with Crippen LogP contribution in [0.25, 0.3) is 0 Å². The van der Waals surface area contributed by atoms with Crippen molar-refractivity contribution >= 4 is 6.09 Å². The molecule has 13 heavy (non-hydrogen) atoms. The summed E-state index contributed by atoms with van der Waals surface area (Å²) in [4.78, 5) is 16.6. The average Bonchev–Trinajstić information content (AvgIpc) is 1.96. The van der Waals surface area contributed by atoms with Gasteiger partial charge in [0.05, 0.1) is 12.6 Å². The van der Waals surface area contributed by atoms with Gasteiger partial charge < -0.3 is 10.0 Å². The second kappa shape index (κ2) is 4.43. The maximum atomic E-state index is 10.8. The number of carbonyl (C=O) groups is 1. The quantitative estimate of drug-likeness (QED) is 0.652. The first-order valence-electron chi connectivity index (χ1n) is 4.15. The fraction of sp³-hybridized carbons (Fsp3) is 0.875. The van der Waals surface area contributed by atoms with Crippen LogP contribution in [0.3, 0.4) is 0 Å². The highest BCUT2D eigenvalue weighted by Crippen LogP contribution is 2.14. The fourth-order valence-corrected chi connectivity index (χ4v) is 0.939. The molecule has 0 spiro atoms. The van der Waals surface area contributed by atoms with Gasteiger partial charge in [0.15, 0.2) is 0 Å². The van der Waals surface area contributed by atoms with Crippen molar-refractivity contribution in [1.82, 2.24) is 4.90 Å². The zero-order valence-corrected chi connectivity index (χ0v) is 8.57. The molecular formula is C8H18N2O3. The lowest BCUT2D eigenvalue weighted by Crippen LogP contribution is -2.48. The molecule has 0 unspecified atom stereocenters. The Balaban J connectivity index is 4.37. The number of amides is 1. The van der Waals surface area contributed by atoms with E-state index in [0.29, 0.717) is 0 Å². The van der Waals surface area contributed by atoms with Crippen molar-refractivity contribution in [2.45, 2.75) is 39.3 Å². The lowest BCUT2D eigenvalue weighted by Gasteiger charge is -2.34. The van der Waals surface area contributed by atoms with Crippen LogP contribution in [-0.2, 0) is 4.84 Å². The van der Waals surface area contributed by atoms with Crippen LogP contribution in [0.5, 0.6) is 0 Å². The van der Waals surface area contributed by atoms with Crippen LogP contribution in [0.1, 0.15) is 27.7 Å². The number of nitrogens with zero attached hydrogens (tertiary/aromatic N) is 1. The second-order valence-corrected chi connectivity index (χ2v) is 4.01. The van der Waals surface area contributed by atoms with Gasteiger partial charge in [-0.1, -0.05) is 0 Å². The summed E-state index contributed by atoms with van der Waals surface area (Å²) in [6, 6.07) is 0. The Hall–Kier alpha value is -0.810. The number of rotatable bonds is 3. The highest BCUT2D eigenvalue weighted by molar-refractivity contribution is 5.66. The van der Waals surface area contributed by atoms with E-state index >= 15 is 0 Å².